The van der Waals surface area contributed by atoms with E-state index in [-0.39, 0.29) is 18.6 Å². The molecule has 5 heterocycles. The predicted molar refractivity (Wildman–Crippen MR) is 149 cm³/mol. The number of aliphatic hydroxyl groups excluding tert-OH is 1. The minimum absolute atomic E-state index is 0.185. The van der Waals surface area contributed by atoms with Crippen molar-refractivity contribution in [3.05, 3.63) is 55.0 Å². The quantitative estimate of drug-likeness (QED) is 0.327. The van der Waals surface area contributed by atoms with Crippen LogP contribution in [0.4, 0.5) is 5.82 Å². The van der Waals surface area contributed by atoms with E-state index in [2.05, 4.69) is 54.1 Å². The number of piperidine rings is 1. The van der Waals surface area contributed by atoms with Crippen molar-refractivity contribution < 1.29 is 5.11 Å². The molecule has 0 radical (unpaired) electrons. The van der Waals surface area contributed by atoms with Gasteiger partial charge in [0, 0.05) is 56.9 Å². The van der Waals surface area contributed by atoms with Gasteiger partial charge in [0.05, 0.1) is 10.3 Å². The van der Waals surface area contributed by atoms with E-state index < -0.39 is 0 Å². The number of benzene rings is 1. The Balaban J connectivity index is 1.65. The molecule has 37 heavy (non-hydrogen) atoms. The smallest absolute Gasteiger partial charge is 0.199 e. The number of imidazole rings is 1. The van der Waals surface area contributed by atoms with Crippen molar-refractivity contribution in [3.63, 3.8) is 0 Å². The van der Waals surface area contributed by atoms with Crippen molar-refractivity contribution in [2.45, 2.75) is 32.7 Å². The van der Waals surface area contributed by atoms with Crippen LogP contribution in [0.25, 0.3) is 43.6 Å². The number of fused-ring (bicyclic) bond motifs is 1. The topological polar surface area (TPSA) is 84.9 Å². The molecule has 0 spiro atoms. The first kappa shape index (κ1) is 23.8. The van der Waals surface area contributed by atoms with Crippen LogP contribution < -0.4 is 4.90 Å². The van der Waals surface area contributed by atoms with Crippen molar-refractivity contribution in [1.29, 1.82) is 0 Å². The molecule has 8 nitrogen and oxygen atoms in total. The fraction of sp³-hybridized carbons (Fsp3) is 0.357. The number of aromatic nitrogens is 6. The number of nitrogens with zero attached hydrogens (tertiary/aromatic N) is 7. The van der Waals surface area contributed by atoms with Crippen molar-refractivity contribution in [3.8, 4) is 33.3 Å². The van der Waals surface area contributed by atoms with E-state index >= 15 is 0 Å². The molecule has 6 rings (SSSR count). The fourth-order valence-corrected chi connectivity index (χ4v) is 6.26. The van der Waals surface area contributed by atoms with Crippen molar-refractivity contribution in [2.24, 2.45) is 13.0 Å². The predicted octanol–water partition coefficient (Wildman–Crippen LogP) is 5.41. The largest absolute Gasteiger partial charge is 0.396 e. The number of hydrogen-bond donors (Lipinski definition) is 1. The van der Waals surface area contributed by atoms with Gasteiger partial charge in [-0.15, -0.1) is 11.3 Å². The molecule has 1 aromatic carbocycles. The minimum Gasteiger partial charge on any atom is -0.396 e. The summed E-state index contributed by atoms with van der Waals surface area (Å²) in [6.07, 6.45) is 7.78. The zero-order valence-electron chi connectivity index (χ0n) is 21.4. The third-order valence-corrected chi connectivity index (χ3v) is 8.17. The van der Waals surface area contributed by atoms with E-state index in [1.165, 1.54) is 0 Å². The first-order chi connectivity index (χ1) is 18.0. The van der Waals surface area contributed by atoms with Crippen LogP contribution in [0.15, 0.2) is 55.0 Å². The lowest BCUT2D eigenvalue weighted by Gasteiger charge is -2.33. The molecule has 0 saturated carbocycles. The number of anilines is 1. The normalized spacial score (nSPS) is 16.2. The summed E-state index contributed by atoms with van der Waals surface area (Å²) in [5.74, 6) is 2.49. The van der Waals surface area contributed by atoms with Gasteiger partial charge in [0.2, 0.25) is 0 Å². The summed E-state index contributed by atoms with van der Waals surface area (Å²) < 4.78 is 3.95. The standard InChI is InChI=1S/C28H31N7OS/c1-18(2)35-14-11-21(32-35)24-22(20-9-5-4-6-10-20)23-26(34-13-7-8-19(16-34)17-36)30-25(31-28(23)37-24)27-29-12-15-33(27)3/h4-6,9-12,14-15,18-19,36H,7-8,13,16-17H2,1-3H3. The SMILES string of the molecule is CC(C)n1ccc(-c2sc3nc(-c4nccn4C)nc(N4CCCC(CO)C4)c3c2-c2ccccc2)n1. The highest BCUT2D eigenvalue weighted by atomic mass is 32.1. The molecular weight excluding hydrogens is 482 g/mol. The van der Waals surface area contributed by atoms with E-state index in [9.17, 15) is 5.11 Å². The average Bonchev–Trinajstić information content (AvgIpc) is 3.66. The molecule has 5 aromatic rings. The molecule has 1 unspecified atom stereocenters. The molecule has 1 saturated heterocycles. The Morgan fingerprint density at radius 2 is 1.95 bits per heavy atom. The Morgan fingerprint density at radius 1 is 1.11 bits per heavy atom. The zero-order chi connectivity index (χ0) is 25.5. The highest BCUT2D eigenvalue weighted by molar-refractivity contribution is 7.22. The zero-order valence-corrected chi connectivity index (χ0v) is 22.2. The molecule has 0 bridgehead atoms. The Bertz CT molecular complexity index is 1530. The second-order valence-electron chi connectivity index (χ2n) is 10.00. The van der Waals surface area contributed by atoms with Crippen LogP contribution >= 0.6 is 11.3 Å². The van der Waals surface area contributed by atoms with E-state index in [1.807, 2.05) is 34.8 Å². The van der Waals surface area contributed by atoms with Gasteiger partial charge in [0.1, 0.15) is 16.3 Å². The van der Waals surface area contributed by atoms with Gasteiger partial charge in [-0.25, -0.2) is 15.0 Å². The number of rotatable bonds is 6. The van der Waals surface area contributed by atoms with Gasteiger partial charge in [-0.1, -0.05) is 30.3 Å². The van der Waals surface area contributed by atoms with Crippen LogP contribution in [0.2, 0.25) is 0 Å². The van der Waals surface area contributed by atoms with Crippen LogP contribution in [0.3, 0.4) is 0 Å². The van der Waals surface area contributed by atoms with Gasteiger partial charge < -0.3 is 14.6 Å². The van der Waals surface area contributed by atoms with Gasteiger partial charge in [-0.05, 0) is 44.2 Å². The summed E-state index contributed by atoms with van der Waals surface area (Å²) in [5.41, 5.74) is 3.17. The Labute approximate surface area is 220 Å². The second-order valence-corrected chi connectivity index (χ2v) is 11.0. The van der Waals surface area contributed by atoms with E-state index in [1.54, 1.807) is 17.5 Å². The maximum atomic E-state index is 9.96. The summed E-state index contributed by atoms with van der Waals surface area (Å²) in [6, 6.07) is 12.8. The third kappa shape index (κ3) is 4.32. The number of aryl methyl sites for hydroxylation is 1. The summed E-state index contributed by atoms with van der Waals surface area (Å²) in [4.78, 5) is 19.1. The maximum Gasteiger partial charge on any atom is 0.199 e. The highest BCUT2D eigenvalue weighted by Crippen LogP contribution is 2.47. The van der Waals surface area contributed by atoms with Crippen LogP contribution in [0, 0.1) is 5.92 Å². The van der Waals surface area contributed by atoms with Gasteiger partial charge in [0.15, 0.2) is 11.6 Å². The lowest BCUT2D eigenvalue weighted by Crippen LogP contribution is -2.37. The molecule has 1 N–H and O–H groups in total. The van der Waals surface area contributed by atoms with Crippen molar-refractivity contribution in [1.82, 2.24) is 29.3 Å². The van der Waals surface area contributed by atoms with Gasteiger partial charge in [-0.3, -0.25) is 4.68 Å². The number of hydrogen-bond acceptors (Lipinski definition) is 7. The maximum absolute atomic E-state index is 9.96. The molecule has 1 aliphatic rings. The Kier molecular flexibility index (Phi) is 6.26. The number of thiophene rings is 1. The molecule has 4 aromatic heterocycles. The van der Waals surface area contributed by atoms with Gasteiger partial charge >= 0.3 is 0 Å². The molecule has 1 aliphatic heterocycles. The summed E-state index contributed by atoms with van der Waals surface area (Å²) in [6.45, 7) is 6.12. The average molecular weight is 514 g/mol. The molecular formula is C28H31N7OS. The third-order valence-electron chi connectivity index (χ3n) is 7.06. The van der Waals surface area contributed by atoms with Crippen LogP contribution in [-0.4, -0.2) is 54.1 Å². The van der Waals surface area contributed by atoms with Crippen molar-refractivity contribution >= 4 is 27.4 Å². The molecule has 190 valence electrons. The highest BCUT2D eigenvalue weighted by Gasteiger charge is 2.28. The first-order valence-corrected chi connectivity index (χ1v) is 13.6. The van der Waals surface area contributed by atoms with E-state index in [0.29, 0.717) is 5.82 Å². The molecule has 1 fully saturated rings. The summed E-state index contributed by atoms with van der Waals surface area (Å²) in [5, 5.41) is 15.9. The van der Waals surface area contributed by atoms with Crippen LogP contribution in [0.1, 0.15) is 32.7 Å². The van der Waals surface area contributed by atoms with Crippen LogP contribution in [0.5, 0.6) is 0 Å². The Hall–Kier alpha value is -3.56. The lowest BCUT2D eigenvalue weighted by molar-refractivity contribution is 0.208. The molecule has 0 amide bonds. The minimum atomic E-state index is 0.185. The molecule has 1 atom stereocenters. The van der Waals surface area contributed by atoms with E-state index in [0.717, 1.165) is 69.5 Å². The fourth-order valence-electron chi connectivity index (χ4n) is 5.11. The van der Waals surface area contributed by atoms with Crippen LogP contribution in [-0.2, 0) is 7.05 Å². The van der Waals surface area contributed by atoms with Crippen molar-refractivity contribution in [2.75, 3.05) is 24.6 Å². The monoisotopic (exact) mass is 513 g/mol. The molecule has 0 aliphatic carbocycles. The Morgan fingerprint density at radius 3 is 2.65 bits per heavy atom. The summed E-state index contributed by atoms with van der Waals surface area (Å²) in [7, 11) is 1.96. The lowest BCUT2D eigenvalue weighted by atomic mass is 9.97. The second kappa shape index (κ2) is 9.72. The van der Waals surface area contributed by atoms with Gasteiger partial charge in [0.25, 0.3) is 0 Å². The van der Waals surface area contributed by atoms with E-state index in [4.69, 9.17) is 15.1 Å². The first-order valence-electron chi connectivity index (χ1n) is 12.8. The number of aliphatic hydroxyl groups is 1. The van der Waals surface area contributed by atoms with Gasteiger partial charge in [-0.2, -0.15) is 5.10 Å². The molecule has 9 heteroatoms. The summed E-state index contributed by atoms with van der Waals surface area (Å²) >= 11 is 1.66.